The Balaban J connectivity index is 2.13. The van der Waals surface area contributed by atoms with Crippen LogP contribution in [0.5, 0.6) is 11.5 Å². The number of methoxy groups -OCH3 is 1. The van der Waals surface area contributed by atoms with Crippen molar-refractivity contribution in [1.29, 1.82) is 0 Å². The number of benzene rings is 1. The first-order chi connectivity index (χ1) is 12.2. The zero-order valence-electron chi connectivity index (χ0n) is 16.0. The van der Waals surface area contributed by atoms with E-state index in [1.165, 1.54) is 7.11 Å². The normalized spacial score (nSPS) is 29.2. The molecule has 2 heterocycles. The lowest BCUT2D eigenvalue weighted by Gasteiger charge is -2.57. The average Bonchev–Trinajstić information content (AvgIpc) is 2.63. The molecule has 2 aliphatic heterocycles. The molecular formula is C18H26N4O4. The molecule has 26 heavy (non-hydrogen) atoms. The van der Waals surface area contributed by atoms with Gasteiger partial charge in [0, 0.05) is 40.2 Å². The van der Waals surface area contributed by atoms with Crippen molar-refractivity contribution in [2.45, 2.75) is 25.2 Å². The fourth-order valence-corrected chi connectivity index (χ4v) is 4.31. The van der Waals surface area contributed by atoms with Crippen LogP contribution in [0.25, 0.3) is 0 Å². The van der Waals surface area contributed by atoms with Gasteiger partial charge in [-0.05, 0) is 24.6 Å². The lowest BCUT2D eigenvalue weighted by molar-refractivity contribution is -0.0652. The topological polar surface area (TPSA) is 76.6 Å². The van der Waals surface area contributed by atoms with Crippen molar-refractivity contribution in [3.63, 3.8) is 0 Å². The SMILES string of the molecule is COc1cc([C@@H]2[C@@H]3[C@@H](N(C)C(=O)N(C)[C@@H]3C)N(C)C(=O)N2C)ccc1O. The summed E-state index contributed by atoms with van der Waals surface area (Å²) in [6.07, 6.45) is -0.345. The molecule has 4 amide bonds. The maximum absolute atomic E-state index is 12.8. The minimum Gasteiger partial charge on any atom is -0.504 e. The molecule has 2 fully saturated rings. The lowest BCUT2D eigenvalue weighted by atomic mass is 9.80. The Bertz CT molecular complexity index is 736. The van der Waals surface area contributed by atoms with E-state index in [-0.39, 0.29) is 42.0 Å². The molecule has 1 aromatic rings. The maximum atomic E-state index is 12.8. The third-order valence-corrected chi connectivity index (χ3v) is 5.84. The lowest BCUT2D eigenvalue weighted by Crippen LogP contribution is -2.71. The monoisotopic (exact) mass is 362 g/mol. The van der Waals surface area contributed by atoms with Crippen molar-refractivity contribution in [2.75, 3.05) is 35.3 Å². The molecule has 8 nitrogen and oxygen atoms in total. The van der Waals surface area contributed by atoms with E-state index in [0.29, 0.717) is 5.75 Å². The Morgan fingerprint density at radius 1 is 0.962 bits per heavy atom. The van der Waals surface area contributed by atoms with Crippen LogP contribution in [0.1, 0.15) is 18.5 Å². The molecule has 0 unspecified atom stereocenters. The van der Waals surface area contributed by atoms with Gasteiger partial charge in [0.25, 0.3) is 0 Å². The molecule has 1 aromatic carbocycles. The molecule has 3 rings (SSSR count). The van der Waals surface area contributed by atoms with Gasteiger partial charge in [-0.15, -0.1) is 0 Å². The molecule has 1 N–H and O–H groups in total. The smallest absolute Gasteiger partial charge is 0.321 e. The highest BCUT2D eigenvalue weighted by Crippen LogP contribution is 2.44. The van der Waals surface area contributed by atoms with Crippen LogP contribution >= 0.6 is 0 Å². The van der Waals surface area contributed by atoms with Crippen molar-refractivity contribution in [3.8, 4) is 11.5 Å². The highest BCUT2D eigenvalue weighted by atomic mass is 16.5. The van der Waals surface area contributed by atoms with Crippen LogP contribution in [0.15, 0.2) is 18.2 Å². The molecule has 142 valence electrons. The minimum absolute atomic E-state index is 0.0374. The van der Waals surface area contributed by atoms with Gasteiger partial charge in [0.1, 0.15) is 6.17 Å². The zero-order valence-corrected chi connectivity index (χ0v) is 16.0. The largest absolute Gasteiger partial charge is 0.504 e. The van der Waals surface area contributed by atoms with Gasteiger partial charge in [-0.1, -0.05) is 6.07 Å². The first-order valence-corrected chi connectivity index (χ1v) is 8.56. The molecule has 8 heteroatoms. The van der Waals surface area contributed by atoms with E-state index in [4.69, 9.17) is 4.74 Å². The van der Waals surface area contributed by atoms with E-state index < -0.39 is 0 Å². The number of rotatable bonds is 2. The van der Waals surface area contributed by atoms with Crippen LogP contribution in [0.3, 0.4) is 0 Å². The van der Waals surface area contributed by atoms with E-state index in [0.717, 1.165) is 5.56 Å². The summed E-state index contributed by atoms with van der Waals surface area (Å²) >= 11 is 0. The molecule has 2 aliphatic rings. The molecule has 0 bridgehead atoms. The van der Waals surface area contributed by atoms with E-state index in [2.05, 4.69) is 0 Å². The predicted molar refractivity (Wildman–Crippen MR) is 96.0 cm³/mol. The van der Waals surface area contributed by atoms with Gasteiger partial charge in [0.15, 0.2) is 11.5 Å². The van der Waals surface area contributed by atoms with Crippen LogP contribution in [-0.4, -0.2) is 84.3 Å². The number of fused-ring (bicyclic) bond motifs is 1. The molecule has 0 radical (unpaired) electrons. The van der Waals surface area contributed by atoms with Gasteiger partial charge in [-0.2, -0.15) is 0 Å². The number of hydrogen-bond acceptors (Lipinski definition) is 4. The standard InChI is InChI=1S/C18H26N4O4/c1-10-14-15(11-7-8-12(23)13(9-11)26-6)20(3)18(25)22(5)16(14)21(4)17(24)19(10)2/h7-10,14-16,23H,1-6H3/t10-,14-,15-,16+/m1/s1. The number of nitrogens with zero attached hydrogens (tertiary/aromatic N) is 4. The molecule has 0 aromatic heterocycles. The number of urea groups is 2. The summed E-state index contributed by atoms with van der Waals surface area (Å²) in [5, 5.41) is 9.92. The van der Waals surface area contributed by atoms with Crippen molar-refractivity contribution < 1.29 is 19.4 Å². The molecule has 0 aliphatic carbocycles. The molecule has 4 atom stereocenters. The van der Waals surface area contributed by atoms with Gasteiger partial charge in [-0.25, -0.2) is 9.59 Å². The summed E-state index contributed by atoms with van der Waals surface area (Å²) in [5.41, 5.74) is 0.863. The average molecular weight is 362 g/mol. The second-order valence-corrected chi connectivity index (χ2v) is 7.12. The van der Waals surface area contributed by atoms with Crippen LogP contribution in [0.2, 0.25) is 0 Å². The van der Waals surface area contributed by atoms with E-state index in [9.17, 15) is 14.7 Å². The Kier molecular flexibility index (Phi) is 4.37. The second-order valence-electron chi connectivity index (χ2n) is 7.12. The number of carbonyl (C=O) groups excluding carboxylic acids is 2. The van der Waals surface area contributed by atoms with E-state index in [1.807, 2.05) is 6.92 Å². The Hall–Kier alpha value is -2.64. The highest BCUT2D eigenvalue weighted by molar-refractivity contribution is 5.80. The summed E-state index contributed by atoms with van der Waals surface area (Å²) in [7, 11) is 8.50. The van der Waals surface area contributed by atoms with Gasteiger partial charge in [-0.3, -0.25) is 0 Å². The summed E-state index contributed by atoms with van der Waals surface area (Å²) in [5.74, 6) is 0.375. The first-order valence-electron chi connectivity index (χ1n) is 8.56. The minimum atomic E-state index is -0.345. The van der Waals surface area contributed by atoms with E-state index in [1.54, 1.807) is 66.0 Å². The van der Waals surface area contributed by atoms with Gasteiger partial charge in [0.2, 0.25) is 0 Å². The number of carbonyl (C=O) groups is 2. The molecule has 2 saturated heterocycles. The number of ether oxygens (including phenoxy) is 1. The van der Waals surface area contributed by atoms with Gasteiger partial charge in [0.05, 0.1) is 13.2 Å². The van der Waals surface area contributed by atoms with Crippen LogP contribution < -0.4 is 4.74 Å². The Morgan fingerprint density at radius 3 is 2.12 bits per heavy atom. The maximum Gasteiger partial charge on any atom is 0.321 e. The molecule has 0 spiro atoms. The second kappa shape index (κ2) is 6.26. The zero-order chi connectivity index (χ0) is 19.3. The fraction of sp³-hybridized carbons (Fsp3) is 0.556. The Labute approximate surface area is 153 Å². The summed E-state index contributed by atoms with van der Waals surface area (Å²) in [6.45, 7) is 2.00. The van der Waals surface area contributed by atoms with Crippen LogP contribution in [-0.2, 0) is 0 Å². The van der Waals surface area contributed by atoms with Crippen molar-refractivity contribution in [1.82, 2.24) is 19.6 Å². The molecule has 0 saturated carbocycles. The summed E-state index contributed by atoms with van der Waals surface area (Å²) in [6, 6.07) is 4.54. The highest BCUT2D eigenvalue weighted by Gasteiger charge is 2.54. The number of hydrogen-bond donors (Lipinski definition) is 1. The molecular weight excluding hydrogens is 336 g/mol. The van der Waals surface area contributed by atoms with Crippen LogP contribution in [0.4, 0.5) is 9.59 Å². The number of amides is 4. The van der Waals surface area contributed by atoms with Crippen molar-refractivity contribution >= 4 is 12.1 Å². The van der Waals surface area contributed by atoms with Gasteiger partial charge < -0.3 is 29.4 Å². The van der Waals surface area contributed by atoms with Crippen molar-refractivity contribution in [3.05, 3.63) is 23.8 Å². The summed E-state index contributed by atoms with van der Waals surface area (Å²) < 4.78 is 5.24. The van der Waals surface area contributed by atoms with Gasteiger partial charge >= 0.3 is 12.1 Å². The van der Waals surface area contributed by atoms with Crippen molar-refractivity contribution in [2.24, 2.45) is 5.92 Å². The third kappa shape index (κ3) is 2.43. The predicted octanol–water partition coefficient (Wildman–Crippen LogP) is 1.77. The Morgan fingerprint density at radius 2 is 1.54 bits per heavy atom. The third-order valence-electron chi connectivity index (χ3n) is 5.84. The van der Waals surface area contributed by atoms with Crippen LogP contribution in [0, 0.1) is 5.92 Å². The number of aromatic hydroxyl groups is 1. The quantitative estimate of drug-likeness (QED) is 0.870. The van der Waals surface area contributed by atoms with E-state index >= 15 is 0 Å². The fourth-order valence-electron chi connectivity index (χ4n) is 4.31. The first kappa shape index (κ1) is 18.2. The number of phenols is 1. The summed E-state index contributed by atoms with van der Waals surface area (Å²) in [4.78, 5) is 32.1. The number of phenolic OH excluding ortho intramolecular Hbond substituents is 1.